The second kappa shape index (κ2) is 2.54. The van der Waals surface area contributed by atoms with E-state index < -0.39 is 0 Å². The minimum atomic E-state index is 0.953. The SMILES string of the molecule is Cc1nc2cc3sc(C)nc3cc2[nH]1. The molecule has 2 aromatic heterocycles. The minimum absolute atomic E-state index is 0.953. The number of fused-ring (bicyclic) bond motifs is 2. The first-order valence-corrected chi connectivity index (χ1v) is 5.27. The van der Waals surface area contributed by atoms with Crippen LogP contribution < -0.4 is 0 Å². The summed E-state index contributed by atoms with van der Waals surface area (Å²) in [5, 5.41) is 1.10. The molecule has 4 heteroatoms. The Hall–Kier alpha value is -1.42. The van der Waals surface area contributed by atoms with Crippen molar-refractivity contribution in [3.8, 4) is 0 Å². The molecule has 3 nitrogen and oxygen atoms in total. The second-order valence-corrected chi connectivity index (χ2v) is 4.63. The molecule has 0 unspecified atom stereocenters. The first-order chi connectivity index (χ1) is 6.72. The monoisotopic (exact) mass is 203 g/mol. The summed E-state index contributed by atoms with van der Waals surface area (Å²) in [6.07, 6.45) is 0. The van der Waals surface area contributed by atoms with Gasteiger partial charge in [0.2, 0.25) is 0 Å². The average Bonchev–Trinajstić information content (AvgIpc) is 2.59. The predicted octanol–water partition coefficient (Wildman–Crippen LogP) is 2.79. The highest BCUT2D eigenvalue weighted by molar-refractivity contribution is 7.18. The van der Waals surface area contributed by atoms with Crippen LogP contribution in [0.15, 0.2) is 12.1 Å². The molecule has 1 aromatic carbocycles. The van der Waals surface area contributed by atoms with Crippen molar-refractivity contribution < 1.29 is 0 Å². The van der Waals surface area contributed by atoms with Crippen molar-refractivity contribution >= 4 is 32.6 Å². The first kappa shape index (κ1) is 7.94. The fraction of sp³-hybridized carbons (Fsp3) is 0.200. The van der Waals surface area contributed by atoms with Crippen LogP contribution in [0.5, 0.6) is 0 Å². The molecular formula is C10H9N3S. The second-order valence-electron chi connectivity index (χ2n) is 3.39. The lowest BCUT2D eigenvalue weighted by atomic mass is 10.3. The van der Waals surface area contributed by atoms with Crippen LogP contribution >= 0.6 is 11.3 Å². The minimum Gasteiger partial charge on any atom is -0.342 e. The molecule has 14 heavy (non-hydrogen) atoms. The normalized spacial score (nSPS) is 11.6. The zero-order chi connectivity index (χ0) is 9.71. The van der Waals surface area contributed by atoms with Gasteiger partial charge in [-0.2, -0.15) is 0 Å². The third-order valence-corrected chi connectivity index (χ3v) is 3.15. The van der Waals surface area contributed by atoms with Crippen LogP contribution in [0.3, 0.4) is 0 Å². The van der Waals surface area contributed by atoms with Crippen molar-refractivity contribution in [3.05, 3.63) is 23.0 Å². The summed E-state index contributed by atoms with van der Waals surface area (Å²) in [4.78, 5) is 12.1. The third kappa shape index (κ3) is 1.04. The van der Waals surface area contributed by atoms with Gasteiger partial charge in [-0.15, -0.1) is 11.3 Å². The Labute approximate surface area is 84.8 Å². The molecule has 70 valence electrons. The third-order valence-electron chi connectivity index (χ3n) is 2.22. The summed E-state index contributed by atoms with van der Waals surface area (Å²) in [5.74, 6) is 0.953. The molecule has 0 aliphatic carbocycles. The van der Waals surface area contributed by atoms with Crippen LogP contribution in [0, 0.1) is 13.8 Å². The van der Waals surface area contributed by atoms with Gasteiger partial charge in [0, 0.05) is 0 Å². The summed E-state index contributed by atoms with van der Waals surface area (Å²) < 4.78 is 1.21. The number of aromatic nitrogens is 3. The highest BCUT2D eigenvalue weighted by Gasteiger charge is 2.05. The van der Waals surface area contributed by atoms with Crippen LogP contribution in [0.2, 0.25) is 0 Å². The Balaban J connectivity index is 2.49. The number of H-pyrrole nitrogens is 1. The number of nitrogens with one attached hydrogen (secondary N) is 1. The van der Waals surface area contributed by atoms with E-state index in [9.17, 15) is 0 Å². The zero-order valence-electron chi connectivity index (χ0n) is 7.96. The number of nitrogens with zero attached hydrogens (tertiary/aromatic N) is 2. The van der Waals surface area contributed by atoms with Gasteiger partial charge in [-0.25, -0.2) is 9.97 Å². The molecule has 0 fully saturated rings. The topological polar surface area (TPSA) is 41.6 Å². The summed E-state index contributed by atoms with van der Waals surface area (Å²) in [5.41, 5.74) is 3.16. The van der Waals surface area contributed by atoms with E-state index in [0.29, 0.717) is 0 Å². The van der Waals surface area contributed by atoms with Gasteiger partial charge >= 0.3 is 0 Å². The zero-order valence-corrected chi connectivity index (χ0v) is 8.77. The van der Waals surface area contributed by atoms with Gasteiger partial charge in [0.15, 0.2) is 0 Å². The molecule has 0 atom stereocenters. The predicted molar refractivity (Wildman–Crippen MR) is 58.7 cm³/mol. The van der Waals surface area contributed by atoms with E-state index in [1.807, 2.05) is 13.8 Å². The van der Waals surface area contributed by atoms with E-state index in [1.165, 1.54) is 4.70 Å². The lowest BCUT2D eigenvalue weighted by Gasteiger charge is -1.87. The van der Waals surface area contributed by atoms with Crippen LogP contribution in [0.1, 0.15) is 10.8 Å². The van der Waals surface area contributed by atoms with Crippen LogP contribution in [-0.4, -0.2) is 15.0 Å². The lowest BCUT2D eigenvalue weighted by molar-refractivity contribution is 1.17. The summed E-state index contributed by atoms with van der Waals surface area (Å²) in [6.45, 7) is 3.99. The molecule has 3 aromatic rings. The van der Waals surface area contributed by atoms with E-state index in [-0.39, 0.29) is 0 Å². The van der Waals surface area contributed by atoms with Gasteiger partial charge < -0.3 is 4.98 Å². The maximum absolute atomic E-state index is 4.44. The van der Waals surface area contributed by atoms with Gasteiger partial charge in [0.25, 0.3) is 0 Å². The fourth-order valence-electron chi connectivity index (χ4n) is 1.67. The van der Waals surface area contributed by atoms with Gasteiger partial charge in [-0.3, -0.25) is 0 Å². The van der Waals surface area contributed by atoms with E-state index >= 15 is 0 Å². The molecule has 0 radical (unpaired) electrons. The van der Waals surface area contributed by atoms with E-state index in [0.717, 1.165) is 27.4 Å². The van der Waals surface area contributed by atoms with E-state index in [2.05, 4.69) is 27.1 Å². The Morgan fingerprint density at radius 2 is 2.00 bits per heavy atom. The van der Waals surface area contributed by atoms with Gasteiger partial charge in [-0.1, -0.05) is 0 Å². The standard InChI is InChI=1S/C10H9N3S/c1-5-11-7-3-9-10(4-8(7)12-5)14-6(2)13-9/h3-4H,1-2H3,(H,11,12). The molecule has 1 N–H and O–H groups in total. The molecule has 0 amide bonds. The maximum Gasteiger partial charge on any atom is 0.104 e. The Kier molecular flexibility index (Phi) is 1.44. The fourth-order valence-corrected chi connectivity index (χ4v) is 2.52. The van der Waals surface area contributed by atoms with Crippen molar-refractivity contribution in [2.45, 2.75) is 13.8 Å². The van der Waals surface area contributed by atoms with Gasteiger partial charge in [0.1, 0.15) is 5.82 Å². The smallest absolute Gasteiger partial charge is 0.104 e. The summed E-state index contributed by atoms with van der Waals surface area (Å²) >= 11 is 1.71. The molecular weight excluding hydrogens is 194 g/mol. The lowest BCUT2D eigenvalue weighted by Crippen LogP contribution is -1.71. The largest absolute Gasteiger partial charge is 0.342 e. The Bertz CT molecular complexity index is 518. The molecule has 3 rings (SSSR count). The molecule has 0 saturated carbocycles. The first-order valence-electron chi connectivity index (χ1n) is 4.46. The number of thiazole rings is 1. The molecule has 0 aliphatic heterocycles. The quantitative estimate of drug-likeness (QED) is 0.610. The van der Waals surface area contributed by atoms with Gasteiger partial charge in [0.05, 0.1) is 26.3 Å². The number of rotatable bonds is 0. The Morgan fingerprint density at radius 3 is 2.86 bits per heavy atom. The number of hydrogen-bond donors (Lipinski definition) is 1. The van der Waals surface area contributed by atoms with Gasteiger partial charge in [-0.05, 0) is 26.0 Å². The van der Waals surface area contributed by atoms with Crippen LogP contribution in [0.25, 0.3) is 21.3 Å². The molecule has 0 spiro atoms. The van der Waals surface area contributed by atoms with Crippen molar-refractivity contribution in [2.75, 3.05) is 0 Å². The maximum atomic E-state index is 4.44. The number of aromatic amines is 1. The van der Waals surface area contributed by atoms with Crippen LogP contribution in [-0.2, 0) is 0 Å². The summed E-state index contributed by atoms with van der Waals surface area (Å²) in [6, 6.07) is 4.16. The van der Waals surface area contributed by atoms with Crippen molar-refractivity contribution in [1.82, 2.24) is 15.0 Å². The summed E-state index contributed by atoms with van der Waals surface area (Å²) in [7, 11) is 0. The number of benzene rings is 1. The van der Waals surface area contributed by atoms with Crippen molar-refractivity contribution in [2.24, 2.45) is 0 Å². The molecule has 2 heterocycles. The number of imidazole rings is 1. The number of aryl methyl sites for hydroxylation is 2. The number of hydrogen-bond acceptors (Lipinski definition) is 3. The van der Waals surface area contributed by atoms with Crippen molar-refractivity contribution in [1.29, 1.82) is 0 Å². The van der Waals surface area contributed by atoms with E-state index in [1.54, 1.807) is 11.3 Å². The highest BCUT2D eigenvalue weighted by Crippen LogP contribution is 2.25. The van der Waals surface area contributed by atoms with Crippen LogP contribution in [0.4, 0.5) is 0 Å². The van der Waals surface area contributed by atoms with E-state index in [4.69, 9.17) is 0 Å². The highest BCUT2D eigenvalue weighted by atomic mass is 32.1. The Morgan fingerprint density at radius 1 is 1.14 bits per heavy atom. The molecule has 0 aliphatic rings. The average molecular weight is 203 g/mol. The molecule has 0 bridgehead atoms. The van der Waals surface area contributed by atoms with Crippen molar-refractivity contribution in [3.63, 3.8) is 0 Å². The molecule has 0 saturated heterocycles.